The molecule has 3 saturated heterocycles. The summed E-state index contributed by atoms with van der Waals surface area (Å²) in [6.07, 6.45) is -6.02. The van der Waals surface area contributed by atoms with Crippen molar-refractivity contribution < 1.29 is 52.6 Å². The van der Waals surface area contributed by atoms with Crippen LogP contribution >= 0.6 is 0 Å². The van der Waals surface area contributed by atoms with Crippen LogP contribution in [0.3, 0.4) is 0 Å². The van der Waals surface area contributed by atoms with Gasteiger partial charge in [-0.05, 0) is 64.8 Å². The maximum atomic E-state index is 15.4. The summed E-state index contributed by atoms with van der Waals surface area (Å²) in [5.74, 6) is -5.11. The highest BCUT2D eigenvalue weighted by Gasteiger charge is 2.83. The van der Waals surface area contributed by atoms with Crippen LogP contribution < -0.4 is 0 Å². The molecule has 0 aromatic heterocycles. The second kappa shape index (κ2) is 9.70. The molecule has 10 atom stereocenters. The first kappa shape index (κ1) is 31.9. The van der Waals surface area contributed by atoms with Crippen LogP contribution in [-0.2, 0) is 42.7 Å². The molecule has 3 heterocycles. The molecule has 3 aliphatic heterocycles. The van der Waals surface area contributed by atoms with Crippen LogP contribution in [-0.4, -0.2) is 88.8 Å². The molecule has 0 radical (unpaired) electrons. The molecular weight excluding hydrogens is 596 g/mol. The third-order valence-corrected chi connectivity index (χ3v) is 11.5. The van der Waals surface area contributed by atoms with Gasteiger partial charge in [-0.15, -0.1) is 0 Å². The number of ketones is 1. The van der Waals surface area contributed by atoms with Crippen LogP contribution in [0.5, 0.6) is 0 Å². The first-order chi connectivity index (χ1) is 21.3. The van der Waals surface area contributed by atoms with Gasteiger partial charge in [0.25, 0.3) is 0 Å². The highest BCUT2D eigenvalue weighted by Crippen LogP contribution is 2.69. The van der Waals surface area contributed by atoms with E-state index in [0.29, 0.717) is 11.1 Å². The Morgan fingerprint density at radius 3 is 2.22 bits per heavy atom. The van der Waals surface area contributed by atoms with Gasteiger partial charge in [0.2, 0.25) is 0 Å². The summed E-state index contributed by atoms with van der Waals surface area (Å²) in [6.45, 7) is 15.7. The molecule has 0 amide bonds. The molecule has 1 aromatic carbocycles. The van der Waals surface area contributed by atoms with Crippen LogP contribution in [0, 0.1) is 16.7 Å². The van der Waals surface area contributed by atoms with E-state index in [1.165, 1.54) is 6.92 Å². The second-order valence-electron chi connectivity index (χ2n) is 15.4. The third-order valence-electron chi connectivity index (χ3n) is 11.5. The van der Waals surface area contributed by atoms with Crippen molar-refractivity contribution in [2.24, 2.45) is 16.7 Å². The fraction of sp³-hybridized carbons (Fsp3) is 0.686. The molecular formula is C35H44O11. The molecule has 1 spiro atoms. The van der Waals surface area contributed by atoms with Gasteiger partial charge in [-0.25, -0.2) is 4.79 Å². The van der Waals surface area contributed by atoms with Gasteiger partial charge in [-0.1, -0.05) is 32.0 Å². The Balaban J connectivity index is 1.59. The molecule has 11 nitrogen and oxygen atoms in total. The van der Waals surface area contributed by atoms with Crippen molar-refractivity contribution in [1.29, 1.82) is 0 Å². The van der Waals surface area contributed by atoms with Gasteiger partial charge in [0.1, 0.15) is 36.1 Å². The van der Waals surface area contributed by atoms with Gasteiger partial charge in [0, 0.05) is 18.8 Å². The number of carbonyl (C=O) groups is 3. The highest BCUT2D eigenvalue weighted by molar-refractivity contribution is 5.94. The third kappa shape index (κ3) is 3.96. The van der Waals surface area contributed by atoms with Crippen molar-refractivity contribution in [3.63, 3.8) is 0 Å². The molecule has 250 valence electrons. The molecule has 2 saturated carbocycles. The second-order valence-corrected chi connectivity index (χ2v) is 15.4. The molecule has 1 aromatic rings. The topological polar surface area (TPSA) is 136 Å². The molecule has 1 N–H and O–H groups in total. The maximum Gasteiger partial charge on any atom is 0.338 e. The largest absolute Gasteiger partial charge is 0.455 e. The zero-order valence-electron chi connectivity index (χ0n) is 27.9. The number of rotatable bonds is 3. The first-order valence-corrected chi connectivity index (χ1v) is 16.1. The van der Waals surface area contributed by atoms with Gasteiger partial charge in [-0.2, -0.15) is 0 Å². The summed E-state index contributed by atoms with van der Waals surface area (Å²) in [4.78, 5) is 42.5. The molecule has 6 aliphatic rings. The standard InChI is InChI=1S/C35H44O11/c1-17-22-24-26(38)33(9)20(43-31(5,6)44-24)15-21-34(16-40-21,42-18(2)36)25(33)28(41-29(39)19-13-11-10-12-14-19)35(30(22,3)4)27(23(17)37)45-32(7,8)46-35/h10-14,20-21,23-25,27-28,37H,15-16H2,1-9H3/t20-,21+,23+,24+,25-,27-,28-,33+,34-,35+/m0/s1. The van der Waals surface area contributed by atoms with Crippen molar-refractivity contribution in [3.05, 3.63) is 47.0 Å². The first-order valence-electron chi connectivity index (χ1n) is 16.1. The fourth-order valence-corrected chi connectivity index (χ4v) is 9.75. The molecule has 46 heavy (non-hydrogen) atoms. The number of fused-ring (bicyclic) bond motifs is 5. The van der Waals surface area contributed by atoms with E-state index in [9.17, 15) is 14.7 Å². The van der Waals surface area contributed by atoms with E-state index >= 15 is 4.79 Å². The van der Waals surface area contributed by atoms with Gasteiger partial charge in [-0.3, -0.25) is 9.59 Å². The van der Waals surface area contributed by atoms with E-state index in [1.54, 1.807) is 71.9 Å². The summed E-state index contributed by atoms with van der Waals surface area (Å²) in [6, 6.07) is 8.53. The quantitative estimate of drug-likeness (QED) is 0.383. The Morgan fingerprint density at radius 2 is 1.61 bits per heavy atom. The van der Waals surface area contributed by atoms with Gasteiger partial charge in [0.15, 0.2) is 23.0 Å². The number of aliphatic hydroxyl groups excluding tert-OH is 1. The van der Waals surface area contributed by atoms with Crippen molar-refractivity contribution in [1.82, 2.24) is 0 Å². The van der Waals surface area contributed by atoms with Crippen LogP contribution in [0.2, 0.25) is 0 Å². The van der Waals surface area contributed by atoms with Crippen LogP contribution in [0.25, 0.3) is 0 Å². The van der Waals surface area contributed by atoms with Gasteiger partial charge < -0.3 is 38.3 Å². The molecule has 4 bridgehead atoms. The number of benzene rings is 1. The van der Waals surface area contributed by atoms with E-state index in [2.05, 4.69) is 0 Å². The minimum atomic E-state index is -1.60. The fourth-order valence-electron chi connectivity index (χ4n) is 9.75. The molecule has 7 rings (SSSR count). The Labute approximate surface area is 268 Å². The molecule has 11 heteroatoms. The minimum absolute atomic E-state index is 0.0402. The van der Waals surface area contributed by atoms with E-state index in [0.717, 1.165) is 0 Å². The monoisotopic (exact) mass is 640 g/mol. The highest BCUT2D eigenvalue weighted by atomic mass is 16.8. The lowest BCUT2D eigenvalue weighted by Gasteiger charge is -2.67. The minimum Gasteiger partial charge on any atom is -0.455 e. The maximum absolute atomic E-state index is 15.4. The lowest BCUT2D eigenvalue weighted by molar-refractivity contribution is -0.356. The Bertz CT molecular complexity index is 1530. The number of ether oxygens (including phenoxy) is 7. The lowest BCUT2D eigenvalue weighted by Crippen LogP contribution is -2.83. The van der Waals surface area contributed by atoms with E-state index in [4.69, 9.17) is 33.2 Å². The number of Topliss-reactive ketones (excluding diaryl/α,β-unsaturated/α-hetero) is 1. The Hall–Kier alpha value is -2.67. The lowest BCUT2D eigenvalue weighted by atomic mass is 9.44. The van der Waals surface area contributed by atoms with Crippen LogP contribution in [0.4, 0.5) is 0 Å². The van der Waals surface area contributed by atoms with Crippen LogP contribution in [0.15, 0.2) is 41.5 Å². The summed E-state index contributed by atoms with van der Waals surface area (Å²) in [5.41, 5.74) is -4.29. The molecule has 5 fully saturated rings. The number of aliphatic hydroxyl groups is 1. The zero-order chi connectivity index (χ0) is 33.4. The van der Waals surface area contributed by atoms with Gasteiger partial charge in [0.05, 0.1) is 29.6 Å². The zero-order valence-corrected chi connectivity index (χ0v) is 27.9. The summed E-state index contributed by atoms with van der Waals surface area (Å²) in [7, 11) is 0. The smallest absolute Gasteiger partial charge is 0.338 e. The summed E-state index contributed by atoms with van der Waals surface area (Å²) in [5, 5.41) is 12.1. The summed E-state index contributed by atoms with van der Waals surface area (Å²) >= 11 is 0. The predicted molar refractivity (Wildman–Crippen MR) is 160 cm³/mol. The average Bonchev–Trinajstić information content (AvgIpc) is 3.23. The van der Waals surface area contributed by atoms with E-state index in [1.807, 2.05) is 13.8 Å². The Kier molecular flexibility index (Phi) is 6.73. The normalized spacial score (nSPS) is 44.4. The van der Waals surface area contributed by atoms with Crippen molar-refractivity contribution in [2.45, 2.75) is 128 Å². The predicted octanol–water partition coefficient (Wildman–Crippen LogP) is 3.65. The Morgan fingerprint density at radius 1 is 0.935 bits per heavy atom. The SMILES string of the molecule is CC(=O)O[C@@]12CO[C@@H]1C[C@@H]1OC(C)(C)O[C@H]3C(=O)[C@@]1(C)[C@@H]2[C@H](OC(=O)c1ccccc1)[C@]12OC(C)(C)O[C@H]1[C@H](O)C(C)=C3C2(C)C. The van der Waals surface area contributed by atoms with Crippen LogP contribution in [0.1, 0.15) is 79.1 Å². The van der Waals surface area contributed by atoms with Crippen molar-refractivity contribution in [2.75, 3.05) is 6.61 Å². The number of esters is 2. The number of hydrogen-bond donors (Lipinski definition) is 1. The molecule has 3 aliphatic carbocycles. The number of carbonyl (C=O) groups excluding carboxylic acids is 3. The summed E-state index contributed by atoms with van der Waals surface area (Å²) < 4.78 is 45.9. The van der Waals surface area contributed by atoms with Crippen molar-refractivity contribution in [3.8, 4) is 0 Å². The number of hydrogen-bond acceptors (Lipinski definition) is 11. The van der Waals surface area contributed by atoms with Crippen molar-refractivity contribution >= 4 is 17.7 Å². The van der Waals surface area contributed by atoms with Gasteiger partial charge >= 0.3 is 11.9 Å². The molecule has 0 unspecified atom stereocenters. The van der Waals surface area contributed by atoms with E-state index < -0.39 is 88.1 Å². The average molecular weight is 641 g/mol. The van der Waals surface area contributed by atoms with E-state index in [-0.39, 0.29) is 24.4 Å².